The maximum absolute atomic E-state index is 13.7. The Morgan fingerprint density at radius 3 is 2.51 bits per heavy atom. The molecule has 2 aliphatic heterocycles. The SMILES string of the molecule is C[C@@H]1CCC[C@H](C)N1CCCCCN1C(=O)C(c2cccc(C(=N)N)c2)Cc2ccc(CO)cc21. The molecule has 0 bridgehead atoms. The molecule has 3 atom stereocenters. The van der Waals surface area contributed by atoms with Gasteiger partial charge >= 0.3 is 0 Å². The number of anilines is 1. The summed E-state index contributed by atoms with van der Waals surface area (Å²) in [5, 5.41) is 17.5. The summed E-state index contributed by atoms with van der Waals surface area (Å²) >= 11 is 0. The fraction of sp³-hybridized carbons (Fsp3) is 0.517. The van der Waals surface area contributed by atoms with Crippen LogP contribution in [-0.2, 0) is 17.8 Å². The Kier molecular flexibility index (Phi) is 8.24. The van der Waals surface area contributed by atoms with Gasteiger partial charge in [0.1, 0.15) is 5.84 Å². The van der Waals surface area contributed by atoms with E-state index in [2.05, 4.69) is 18.7 Å². The first-order chi connectivity index (χ1) is 16.9. The predicted octanol–water partition coefficient (Wildman–Crippen LogP) is 4.57. The number of carbonyl (C=O) groups is 1. The van der Waals surface area contributed by atoms with Gasteiger partial charge in [0, 0.05) is 29.9 Å². The molecule has 0 saturated carbocycles. The van der Waals surface area contributed by atoms with Crippen LogP contribution in [0.15, 0.2) is 42.5 Å². The topological polar surface area (TPSA) is 93.7 Å². The van der Waals surface area contributed by atoms with Gasteiger partial charge in [0.25, 0.3) is 0 Å². The van der Waals surface area contributed by atoms with Gasteiger partial charge in [-0.15, -0.1) is 0 Å². The van der Waals surface area contributed by atoms with E-state index in [0.717, 1.165) is 48.2 Å². The molecule has 35 heavy (non-hydrogen) atoms. The number of nitrogens with two attached hydrogens (primary N) is 1. The van der Waals surface area contributed by atoms with E-state index in [0.29, 0.717) is 30.6 Å². The molecule has 2 aromatic carbocycles. The van der Waals surface area contributed by atoms with E-state index < -0.39 is 0 Å². The smallest absolute Gasteiger partial charge is 0.234 e. The summed E-state index contributed by atoms with van der Waals surface area (Å²) in [7, 11) is 0. The number of carbonyl (C=O) groups excluding carboxylic acids is 1. The average molecular weight is 477 g/mol. The second-order valence-electron chi connectivity index (χ2n) is 10.3. The minimum Gasteiger partial charge on any atom is -0.392 e. The zero-order valence-electron chi connectivity index (χ0n) is 21.2. The Balaban J connectivity index is 1.47. The number of nitrogens with one attached hydrogen (secondary N) is 1. The average Bonchev–Trinajstić information content (AvgIpc) is 2.86. The van der Waals surface area contributed by atoms with Crippen molar-refractivity contribution in [2.75, 3.05) is 18.0 Å². The van der Waals surface area contributed by atoms with Gasteiger partial charge in [-0.05, 0) is 81.3 Å². The molecule has 1 amide bonds. The minimum absolute atomic E-state index is 0.0114. The van der Waals surface area contributed by atoms with Gasteiger partial charge in [0.05, 0.1) is 12.5 Å². The lowest BCUT2D eigenvalue weighted by Gasteiger charge is -2.39. The number of unbranched alkanes of at least 4 members (excludes halogenated alkanes) is 2. The molecule has 188 valence electrons. The molecular weight excluding hydrogens is 436 g/mol. The Morgan fingerprint density at radius 1 is 1.06 bits per heavy atom. The molecule has 0 radical (unpaired) electrons. The number of likely N-dealkylation sites (tertiary alicyclic amines) is 1. The van der Waals surface area contributed by atoms with Crippen molar-refractivity contribution in [1.82, 2.24) is 4.90 Å². The van der Waals surface area contributed by atoms with Gasteiger partial charge in [-0.2, -0.15) is 0 Å². The lowest BCUT2D eigenvalue weighted by atomic mass is 9.85. The summed E-state index contributed by atoms with van der Waals surface area (Å²) in [6.07, 6.45) is 7.71. The molecule has 0 spiro atoms. The van der Waals surface area contributed by atoms with Crippen molar-refractivity contribution in [3.8, 4) is 0 Å². The molecule has 2 aromatic rings. The summed E-state index contributed by atoms with van der Waals surface area (Å²) in [4.78, 5) is 18.3. The molecule has 1 unspecified atom stereocenters. The molecule has 0 aliphatic carbocycles. The summed E-state index contributed by atoms with van der Waals surface area (Å²) in [6, 6.07) is 14.8. The molecule has 2 aliphatic rings. The third-order valence-electron chi connectivity index (χ3n) is 7.89. The summed E-state index contributed by atoms with van der Waals surface area (Å²) < 4.78 is 0. The molecule has 6 heteroatoms. The van der Waals surface area contributed by atoms with Crippen molar-refractivity contribution < 1.29 is 9.90 Å². The van der Waals surface area contributed by atoms with Crippen LogP contribution in [-0.4, -0.2) is 46.9 Å². The third-order valence-corrected chi connectivity index (χ3v) is 7.89. The van der Waals surface area contributed by atoms with Crippen LogP contribution < -0.4 is 10.6 Å². The fourth-order valence-electron chi connectivity index (χ4n) is 5.82. The maximum atomic E-state index is 13.7. The number of amidine groups is 1. The molecule has 1 fully saturated rings. The number of piperidine rings is 1. The monoisotopic (exact) mass is 476 g/mol. The summed E-state index contributed by atoms with van der Waals surface area (Å²) in [5.41, 5.74) is 10.1. The largest absolute Gasteiger partial charge is 0.392 e. The third kappa shape index (κ3) is 5.76. The highest BCUT2D eigenvalue weighted by atomic mass is 16.3. The molecule has 4 N–H and O–H groups in total. The standard InChI is InChI=1S/C29H40N4O2/c1-20-8-6-9-21(2)32(20)14-4-3-5-15-33-27-16-22(19-34)12-13-24(27)18-26(29(33)35)23-10-7-11-25(17-23)28(30)31/h7,10-13,16-17,20-21,26,34H,3-6,8-9,14-15,18-19H2,1-2H3,(H3,30,31)/t20-,21+,26?. The second kappa shape index (κ2) is 11.4. The van der Waals surface area contributed by atoms with Crippen LogP contribution in [0.25, 0.3) is 0 Å². The first-order valence-corrected chi connectivity index (χ1v) is 13.1. The van der Waals surface area contributed by atoms with Crippen LogP contribution >= 0.6 is 0 Å². The highest BCUT2D eigenvalue weighted by molar-refractivity contribution is 6.02. The van der Waals surface area contributed by atoms with Crippen LogP contribution in [0.5, 0.6) is 0 Å². The van der Waals surface area contributed by atoms with E-state index in [1.165, 1.54) is 19.3 Å². The van der Waals surface area contributed by atoms with E-state index in [1.807, 2.05) is 47.4 Å². The van der Waals surface area contributed by atoms with Crippen LogP contribution in [0.1, 0.15) is 80.5 Å². The Labute approximate surface area is 209 Å². The van der Waals surface area contributed by atoms with Crippen LogP contribution in [0.2, 0.25) is 0 Å². The number of rotatable bonds is 9. The molecule has 0 aromatic heterocycles. The molecular formula is C29H40N4O2. The quantitative estimate of drug-likeness (QED) is 0.281. The lowest BCUT2D eigenvalue weighted by Crippen LogP contribution is -2.44. The van der Waals surface area contributed by atoms with Crippen LogP contribution in [0.3, 0.4) is 0 Å². The number of nitrogen functional groups attached to an aromatic ring is 1. The van der Waals surface area contributed by atoms with E-state index in [4.69, 9.17) is 11.1 Å². The van der Waals surface area contributed by atoms with Crippen LogP contribution in [0, 0.1) is 5.41 Å². The second-order valence-corrected chi connectivity index (χ2v) is 10.3. The van der Waals surface area contributed by atoms with Crippen LogP contribution in [0.4, 0.5) is 5.69 Å². The first-order valence-electron chi connectivity index (χ1n) is 13.1. The highest BCUT2D eigenvalue weighted by Gasteiger charge is 2.34. The van der Waals surface area contributed by atoms with Gasteiger partial charge in [-0.1, -0.05) is 43.2 Å². The Hall–Kier alpha value is -2.70. The van der Waals surface area contributed by atoms with Crippen molar-refractivity contribution in [1.29, 1.82) is 5.41 Å². The van der Waals surface area contributed by atoms with Gasteiger partial charge < -0.3 is 15.7 Å². The Morgan fingerprint density at radius 2 is 1.80 bits per heavy atom. The number of hydrogen-bond acceptors (Lipinski definition) is 4. The molecule has 6 nitrogen and oxygen atoms in total. The van der Waals surface area contributed by atoms with Gasteiger partial charge in [-0.3, -0.25) is 15.1 Å². The van der Waals surface area contributed by atoms with Gasteiger partial charge in [0.15, 0.2) is 0 Å². The van der Waals surface area contributed by atoms with Crippen molar-refractivity contribution in [3.05, 3.63) is 64.7 Å². The molecule has 4 rings (SSSR count). The van der Waals surface area contributed by atoms with E-state index in [-0.39, 0.29) is 24.3 Å². The van der Waals surface area contributed by atoms with E-state index in [9.17, 15) is 9.90 Å². The van der Waals surface area contributed by atoms with E-state index >= 15 is 0 Å². The number of fused-ring (bicyclic) bond motifs is 1. The molecule has 1 saturated heterocycles. The first kappa shape index (κ1) is 25.4. The number of amides is 1. The minimum atomic E-state index is -0.295. The van der Waals surface area contributed by atoms with E-state index in [1.54, 1.807) is 0 Å². The predicted molar refractivity (Wildman–Crippen MR) is 142 cm³/mol. The number of aliphatic hydroxyl groups excluding tert-OH is 1. The highest BCUT2D eigenvalue weighted by Crippen LogP contribution is 2.37. The van der Waals surface area contributed by atoms with Crippen molar-refractivity contribution in [3.63, 3.8) is 0 Å². The van der Waals surface area contributed by atoms with Crippen molar-refractivity contribution in [2.24, 2.45) is 5.73 Å². The maximum Gasteiger partial charge on any atom is 0.234 e. The zero-order chi connectivity index (χ0) is 24.9. The van der Waals surface area contributed by atoms with Gasteiger partial charge in [0.2, 0.25) is 5.91 Å². The van der Waals surface area contributed by atoms with Crippen molar-refractivity contribution in [2.45, 2.75) is 83.4 Å². The zero-order valence-corrected chi connectivity index (χ0v) is 21.2. The Bertz CT molecular complexity index is 1040. The fourth-order valence-corrected chi connectivity index (χ4v) is 5.82. The molecule has 2 heterocycles. The number of hydrogen-bond donors (Lipinski definition) is 3. The van der Waals surface area contributed by atoms with Crippen molar-refractivity contribution >= 4 is 17.4 Å². The summed E-state index contributed by atoms with van der Waals surface area (Å²) in [6.45, 7) is 6.46. The lowest BCUT2D eigenvalue weighted by molar-refractivity contribution is -0.120. The summed E-state index contributed by atoms with van der Waals surface area (Å²) in [5.74, 6) is -0.194. The number of nitrogens with zero attached hydrogens (tertiary/aromatic N) is 2. The van der Waals surface area contributed by atoms with Gasteiger partial charge in [-0.25, -0.2) is 0 Å². The number of aliphatic hydroxyl groups is 1. The number of benzene rings is 2. The normalized spacial score (nSPS) is 22.8.